The summed E-state index contributed by atoms with van der Waals surface area (Å²) in [6, 6.07) is 9.16. The molecule has 1 aromatic carbocycles. The summed E-state index contributed by atoms with van der Waals surface area (Å²) in [5, 5.41) is 10.1. The van der Waals surface area contributed by atoms with Gasteiger partial charge in [0.15, 0.2) is 0 Å². The lowest BCUT2D eigenvalue weighted by Crippen LogP contribution is -2.33. The monoisotopic (exact) mass is 261 g/mol. The molecule has 0 aliphatic rings. The summed E-state index contributed by atoms with van der Waals surface area (Å²) in [5.74, 6) is -0.974. The third kappa shape index (κ3) is 2.94. The minimum atomic E-state index is -0.974. The van der Waals surface area contributed by atoms with Crippen molar-refractivity contribution in [2.45, 2.75) is 24.9 Å². The average molecular weight is 261 g/mol. The minimum absolute atomic E-state index is 0.0102. The summed E-state index contributed by atoms with van der Waals surface area (Å²) in [6.07, 6.45) is 3.06. The molecule has 0 amide bonds. The molecule has 2 rings (SSSR count). The van der Waals surface area contributed by atoms with Crippen LogP contribution >= 0.6 is 0 Å². The zero-order chi connectivity index (χ0) is 13.8. The molecule has 1 aromatic heterocycles. The highest BCUT2D eigenvalue weighted by Crippen LogP contribution is 2.24. The van der Waals surface area contributed by atoms with Crippen molar-refractivity contribution in [3.8, 4) is 0 Å². The van der Waals surface area contributed by atoms with Crippen LogP contribution in [0.3, 0.4) is 0 Å². The van der Waals surface area contributed by atoms with E-state index >= 15 is 0 Å². The highest BCUT2D eigenvalue weighted by molar-refractivity contribution is 5.80. The van der Waals surface area contributed by atoms with Gasteiger partial charge in [-0.25, -0.2) is 0 Å². The molecule has 0 radical (unpaired) electrons. The first-order chi connectivity index (χ1) is 9.13. The van der Waals surface area contributed by atoms with Gasteiger partial charge in [0.2, 0.25) is 0 Å². The first kappa shape index (κ1) is 13.6. The molecule has 2 aromatic rings. The fourth-order valence-corrected chi connectivity index (χ4v) is 2.38. The number of benzene rings is 1. The molecule has 5 nitrogen and oxygen atoms in total. The zero-order valence-electron chi connectivity index (χ0n) is 10.7. The van der Waals surface area contributed by atoms with Crippen LogP contribution < -0.4 is 11.5 Å². The van der Waals surface area contributed by atoms with Crippen molar-refractivity contribution in [2.24, 2.45) is 11.5 Å². The van der Waals surface area contributed by atoms with Gasteiger partial charge in [-0.05, 0) is 36.9 Å². The Hall–Kier alpha value is -1.85. The Bertz CT molecular complexity index is 565. The molecule has 0 aliphatic heterocycles. The SMILES string of the molecule is NCCC(C[C@H](N)C(=O)O)n1ccc2ccccc21. The fourth-order valence-electron chi connectivity index (χ4n) is 2.38. The summed E-state index contributed by atoms with van der Waals surface area (Å²) in [7, 11) is 0. The quantitative estimate of drug-likeness (QED) is 0.731. The van der Waals surface area contributed by atoms with E-state index in [1.807, 2.05) is 36.5 Å². The number of aromatic nitrogens is 1. The van der Waals surface area contributed by atoms with Gasteiger partial charge in [-0.2, -0.15) is 0 Å². The smallest absolute Gasteiger partial charge is 0.320 e. The molecule has 1 heterocycles. The largest absolute Gasteiger partial charge is 0.480 e. The van der Waals surface area contributed by atoms with E-state index in [1.165, 1.54) is 0 Å². The molecule has 2 atom stereocenters. The van der Waals surface area contributed by atoms with Gasteiger partial charge in [-0.3, -0.25) is 4.79 Å². The molecule has 0 fully saturated rings. The van der Waals surface area contributed by atoms with Crippen molar-refractivity contribution < 1.29 is 9.90 Å². The first-order valence-electron chi connectivity index (χ1n) is 6.37. The Labute approximate surface area is 111 Å². The first-order valence-corrected chi connectivity index (χ1v) is 6.37. The Balaban J connectivity index is 2.30. The Morgan fingerprint density at radius 2 is 2.05 bits per heavy atom. The zero-order valence-corrected chi connectivity index (χ0v) is 10.7. The van der Waals surface area contributed by atoms with Gasteiger partial charge < -0.3 is 21.1 Å². The Kier molecular flexibility index (Phi) is 4.19. The minimum Gasteiger partial charge on any atom is -0.480 e. The lowest BCUT2D eigenvalue weighted by molar-refractivity contribution is -0.138. The van der Waals surface area contributed by atoms with Crippen LogP contribution in [0.5, 0.6) is 0 Å². The number of nitrogens with two attached hydrogens (primary N) is 2. The van der Waals surface area contributed by atoms with Crippen molar-refractivity contribution in [3.05, 3.63) is 36.5 Å². The fraction of sp³-hybridized carbons (Fsp3) is 0.357. The maximum atomic E-state index is 10.9. The molecule has 0 saturated heterocycles. The van der Waals surface area contributed by atoms with Gasteiger partial charge in [-0.1, -0.05) is 18.2 Å². The summed E-state index contributed by atoms with van der Waals surface area (Å²) in [4.78, 5) is 10.9. The van der Waals surface area contributed by atoms with Crippen LogP contribution in [-0.4, -0.2) is 28.2 Å². The van der Waals surface area contributed by atoms with Crippen LogP contribution in [0.25, 0.3) is 10.9 Å². The number of para-hydroxylation sites is 1. The van der Waals surface area contributed by atoms with E-state index in [-0.39, 0.29) is 6.04 Å². The Morgan fingerprint density at radius 1 is 1.32 bits per heavy atom. The molecule has 102 valence electrons. The van der Waals surface area contributed by atoms with Crippen LogP contribution in [-0.2, 0) is 4.79 Å². The Morgan fingerprint density at radius 3 is 2.74 bits per heavy atom. The van der Waals surface area contributed by atoms with Crippen LogP contribution in [0.1, 0.15) is 18.9 Å². The van der Waals surface area contributed by atoms with Gasteiger partial charge in [0.05, 0.1) is 0 Å². The second-order valence-electron chi connectivity index (χ2n) is 4.69. The van der Waals surface area contributed by atoms with E-state index in [0.717, 1.165) is 10.9 Å². The van der Waals surface area contributed by atoms with Gasteiger partial charge in [-0.15, -0.1) is 0 Å². The molecule has 0 aliphatic carbocycles. The molecule has 19 heavy (non-hydrogen) atoms. The van der Waals surface area contributed by atoms with Gasteiger partial charge >= 0.3 is 5.97 Å². The second kappa shape index (κ2) is 5.86. The van der Waals surface area contributed by atoms with Gasteiger partial charge in [0.1, 0.15) is 6.04 Å². The van der Waals surface area contributed by atoms with E-state index in [2.05, 4.69) is 4.57 Å². The number of fused-ring (bicyclic) bond motifs is 1. The van der Waals surface area contributed by atoms with Crippen LogP contribution in [0, 0.1) is 0 Å². The highest BCUT2D eigenvalue weighted by Gasteiger charge is 2.20. The number of carbonyl (C=O) groups is 1. The maximum Gasteiger partial charge on any atom is 0.320 e. The molecular weight excluding hydrogens is 242 g/mol. The maximum absolute atomic E-state index is 10.9. The number of carboxylic acids is 1. The van der Waals surface area contributed by atoms with Crippen molar-refractivity contribution in [1.82, 2.24) is 4.57 Å². The van der Waals surface area contributed by atoms with Crippen molar-refractivity contribution >= 4 is 16.9 Å². The number of aliphatic carboxylic acids is 1. The van der Waals surface area contributed by atoms with Crippen LogP contribution in [0.2, 0.25) is 0 Å². The van der Waals surface area contributed by atoms with Gasteiger partial charge in [0, 0.05) is 17.8 Å². The standard InChI is InChI=1S/C14H19N3O2/c15-7-5-11(9-12(16)14(18)19)17-8-6-10-3-1-2-4-13(10)17/h1-4,6,8,11-12H,5,7,9,15-16H2,(H,18,19)/t11?,12-/m0/s1. The second-order valence-corrected chi connectivity index (χ2v) is 4.69. The van der Waals surface area contributed by atoms with Crippen molar-refractivity contribution in [3.63, 3.8) is 0 Å². The van der Waals surface area contributed by atoms with Crippen LogP contribution in [0.15, 0.2) is 36.5 Å². The highest BCUT2D eigenvalue weighted by atomic mass is 16.4. The summed E-state index contributed by atoms with van der Waals surface area (Å²) in [5.41, 5.74) is 12.4. The predicted molar refractivity (Wildman–Crippen MR) is 74.9 cm³/mol. The number of carboxylic acid groups (broad SMARTS) is 1. The molecule has 0 spiro atoms. The number of hydrogen-bond acceptors (Lipinski definition) is 3. The van der Waals surface area contributed by atoms with E-state index in [0.29, 0.717) is 19.4 Å². The van der Waals surface area contributed by atoms with E-state index in [4.69, 9.17) is 16.6 Å². The lowest BCUT2D eigenvalue weighted by Gasteiger charge is -2.21. The molecule has 0 saturated carbocycles. The third-order valence-corrected chi connectivity index (χ3v) is 3.37. The number of nitrogens with zero attached hydrogens (tertiary/aromatic N) is 1. The molecule has 0 bridgehead atoms. The lowest BCUT2D eigenvalue weighted by atomic mass is 10.0. The summed E-state index contributed by atoms with van der Waals surface area (Å²) >= 11 is 0. The van der Waals surface area contributed by atoms with Crippen molar-refractivity contribution in [2.75, 3.05) is 6.54 Å². The topological polar surface area (TPSA) is 94.3 Å². The third-order valence-electron chi connectivity index (χ3n) is 3.37. The predicted octanol–water partition coefficient (Wildman–Crippen LogP) is 1.33. The summed E-state index contributed by atoms with van der Waals surface area (Å²) in [6.45, 7) is 0.503. The molecular formula is C14H19N3O2. The molecule has 5 N–H and O–H groups in total. The normalized spacial score (nSPS) is 14.4. The van der Waals surface area contributed by atoms with Crippen LogP contribution in [0.4, 0.5) is 0 Å². The average Bonchev–Trinajstić information content (AvgIpc) is 2.81. The summed E-state index contributed by atoms with van der Waals surface area (Å²) < 4.78 is 2.07. The van der Waals surface area contributed by atoms with E-state index < -0.39 is 12.0 Å². The number of rotatable bonds is 6. The van der Waals surface area contributed by atoms with Gasteiger partial charge in [0.25, 0.3) is 0 Å². The van der Waals surface area contributed by atoms with Crippen molar-refractivity contribution in [1.29, 1.82) is 0 Å². The van der Waals surface area contributed by atoms with E-state index in [9.17, 15) is 4.79 Å². The number of hydrogen-bond donors (Lipinski definition) is 3. The van der Waals surface area contributed by atoms with E-state index in [1.54, 1.807) is 0 Å². The molecule has 5 heteroatoms. The molecule has 1 unspecified atom stereocenters.